The van der Waals surface area contributed by atoms with Gasteiger partial charge >= 0.3 is 41.2 Å². The van der Waals surface area contributed by atoms with Crippen LogP contribution >= 0.6 is 0 Å². The van der Waals surface area contributed by atoms with Crippen LogP contribution in [0.3, 0.4) is 0 Å². The summed E-state index contributed by atoms with van der Waals surface area (Å²) >= 11 is -7.94. The van der Waals surface area contributed by atoms with Gasteiger partial charge in [-0.15, -0.1) is 0 Å². The first kappa shape index (κ1) is 16.6. The summed E-state index contributed by atoms with van der Waals surface area (Å²) in [4.78, 5) is 0. The van der Waals surface area contributed by atoms with Gasteiger partial charge in [0.05, 0.1) is 0 Å². The van der Waals surface area contributed by atoms with Crippen LogP contribution in [0.25, 0.3) is 0 Å². The van der Waals surface area contributed by atoms with Gasteiger partial charge in [-0.25, -0.2) is 0 Å². The van der Waals surface area contributed by atoms with Crippen LogP contribution in [0, 0.1) is 0 Å². The molecule has 0 amide bonds. The summed E-state index contributed by atoms with van der Waals surface area (Å²) in [7, 11) is -1.42. The van der Waals surface area contributed by atoms with Crippen LogP contribution in [0.15, 0.2) is 0 Å². The average molecular weight is 297 g/mol. The summed E-state index contributed by atoms with van der Waals surface area (Å²) < 4.78 is 60.1. The third kappa shape index (κ3) is 68900. The van der Waals surface area contributed by atoms with Crippen molar-refractivity contribution in [2.24, 2.45) is 0 Å². The van der Waals surface area contributed by atoms with Crippen LogP contribution in [-0.2, 0) is 57.9 Å². The zero-order chi connectivity index (χ0) is 8.15. The fraction of sp³-hybridized carbons (Fsp3) is 0. The van der Waals surface area contributed by atoms with Gasteiger partial charge in [0.15, 0.2) is 0 Å². The Kier molecular flexibility index (Phi) is 8.00. The van der Waals surface area contributed by atoms with Crippen molar-refractivity contribution in [1.82, 2.24) is 0 Å². The van der Waals surface area contributed by atoms with Gasteiger partial charge in [0, 0.05) is 17.1 Å². The molecular formula is CuNbO7Si. The Labute approximate surface area is 67.2 Å². The summed E-state index contributed by atoms with van der Waals surface area (Å²) in [5, 5.41) is 0. The first-order chi connectivity index (χ1) is 3.65. The zero-order valence-corrected chi connectivity index (χ0v) is 8.25. The maximum atomic E-state index is 8.66. The summed E-state index contributed by atoms with van der Waals surface area (Å²) in [6, 6.07) is 0. The SMILES string of the molecule is O=[Si]=O.[Cu].[O]=[Nb](=[O])(=[O])(=[O])=[O]. The Morgan fingerprint density at radius 1 is 0.800 bits per heavy atom. The van der Waals surface area contributed by atoms with E-state index in [1.807, 2.05) is 0 Å². The van der Waals surface area contributed by atoms with Gasteiger partial charge in [-0.1, -0.05) is 0 Å². The van der Waals surface area contributed by atoms with E-state index in [9.17, 15) is 0 Å². The average Bonchev–Trinajstić information content (AvgIpc) is 1.23. The first-order valence-corrected chi connectivity index (χ1v) is 6.63. The van der Waals surface area contributed by atoms with E-state index in [1.54, 1.807) is 0 Å². The molecule has 0 aromatic heterocycles. The standard InChI is InChI=1S/Cu.Nb.O2Si.5O/c;;1-3-2;;;;;. The van der Waals surface area contributed by atoms with E-state index in [4.69, 9.17) is 25.2 Å². The molecule has 0 fully saturated rings. The van der Waals surface area contributed by atoms with Crippen molar-refractivity contribution in [3.63, 3.8) is 0 Å². The van der Waals surface area contributed by atoms with E-state index in [2.05, 4.69) is 0 Å². The van der Waals surface area contributed by atoms with Gasteiger partial charge in [-0.3, -0.25) is 8.92 Å². The Bertz CT molecular complexity index is 358. The second kappa shape index (κ2) is 4.83. The summed E-state index contributed by atoms with van der Waals surface area (Å²) in [6.07, 6.45) is 0. The van der Waals surface area contributed by atoms with Crippen molar-refractivity contribution in [3.05, 3.63) is 0 Å². The van der Waals surface area contributed by atoms with Gasteiger partial charge in [0.25, 0.3) is 0 Å². The van der Waals surface area contributed by atoms with E-state index >= 15 is 0 Å². The fourth-order valence-corrected chi connectivity index (χ4v) is 0. The second-order valence-electron chi connectivity index (χ2n) is 0.829. The van der Waals surface area contributed by atoms with Crippen LogP contribution in [0.4, 0.5) is 0 Å². The Hall–Kier alpha value is 0.0766. The molecule has 0 atom stereocenters. The molecule has 0 rings (SSSR count). The van der Waals surface area contributed by atoms with Crippen molar-refractivity contribution >= 4 is 9.29 Å². The summed E-state index contributed by atoms with van der Waals surface area (Å²) in [5.74, 6) is 0. The molecule has 0 aromatic carbocycles. The Balaban J connectivity index is -0.000000107. The Morgan fingerprint density at radius 3 is 0.800 bits per heavy atom. The molecule has 0 saturated carbocycles. The minimum absolute atomic E-state index is 0. The third-order valence-corrected chi connectivity index (χ3v) is 0. The van der Waals surface area contributed by atoms with E-state index in [0.717, 1.165) is 0 Å². The van der Waals surface area contributed by atoms with E-state index < -0.39 is 25.0 Å². The van der Waals surface area contributed by atoms with E-state index in [1.165, 1.54) is 0 Å². The molecule has 0 unspecified atom stereocenters. The number of rotatable bonds is 0. The molecule has 1 radical (unpaired) electrons. The predicted octanol–water partition coefficient (Wildman–Crippen LogP) is -1.22. The summed E-state index contributed by atoms with van der Waals surface area (Å²) in [5.41, 5.74) is 0. The van der Waals surface area contributed by atoms with E-state index in [-0.39, 0.29) is 17.1 Å². The van der Waals surface area contributed by atoms with Gasteiger partial charge in [-0.05, 0) is 0 Å². The normalized spacial score (nSPS) is 6.80. The van der Waals surface area contributed by atoms with Gasteiger partial charge in [0.2, 0.25) is 0 Å². The molecule has 0 aromatic rings. The zero-order valence-electron chi connectivity index (χ0n) is 4.11. The number of hydrogen-bond acceptors (Lipinski definition) is 7. The topological polar surface area (TPSA) is 119 Å². The molecule has 0 saturated heterocycles. The molecular weight excluding hydrogens is 297 g/mol. The van der Waals surface area contributed by atoms with Gasteiger partial charge < -0.3 is 0 Å². The van der Waals surface area contributed by atoms with E-state index in [0.29, 0.717) is 0 Å². The molecule has 0 aliphatic heterocycles. The molecule has 0 heterocycles. The second-order valence-corrected chi connectivity index (χ2v) is 4.66. The molecule has 0 spiro atoms. The quantitative estimate of drug-likeness (QED) is 0.514. The molecule has 10 heteroatoms. The van der Waals surface area contributed by atoms with Crippen LogP contribution in [0.1, 0.15) is 0 Å². The van der Waals surface area contributed by atoms with Gasteiger partial charge in [0.1, 0.15) is 0 Å². The molecule has 0 N–H and O–H groups in total. The molecule has 62 valence electrons. The van der Waals surface area contributed by atoms with Crippen molar-refractivity contribution in [2.45, 2.75) is 0 Å². The van der Waals surface area contributed by atoms with Crippen LogP contribution < -0.4 is 0 Å². The van der Waals surface area contributed by atoms with Crippen molar-refractivity contribution in [3.8, 4) is 0 Å². The minimum atomic E-state index is -7.94. The molecule has 0 bridgehead atoms. The molecule has 0 aliphatic rings. The van der Waals surface area contributed by atoms with Gasteiger partial charge in [-0.2, -0.15) is 0 Å². The van der Waals surface area contributed by atoms with Crippen LogP contribution in [0.2, 0.25) is 0 Å². The van der Waals surface area contributed by atoms with Crippen LogP contribution in [0.5, 0.6) is 0 Å². The van der Waals surface area contributed by atoms with Crippen molar-refractivity contribution < 1.29 is 57.9 Å². The summed E-state index contributed by atoms with van der Waals surface area (Å²) in [6.45, 7) is 0. The number of hydrogen-bond donors (Lipinski definition) is 0. The van der Waals surface area contributed by atoms with Crippen molar-refractivity contribution in [2.75, 3.05) is 0 Å². The first-order valence-electron chi connectivity index (χ1n) is 1.32. The van der Waals surface area contributed by atoms with Crippen LogP contribution in [-0.4, -0.2) is 9.29 Å². The Morgan fingerprint density at radius 2 is 0.800 bits per heavy atom. The fourth-order valence-electron chi connectivity index (χ4n) is 0. The molecule has 0 aliphatic carbocycles. The predicted molar refractivity (Wildman–Crippen MR) is 10.6 cm³/mol. The molecule has 10 heavy (non-hydrogen) atoms. The monoisotopic (exact) mass is 296 g/mol. The molecule has 7 nitrogen and oxygen atoms in total. The third-order valence-electron chi connectivity index (χ3n) is 0. The van der Waals surface area contributed by atoms with Crippen molar-refractivity contribution in [1.29, 1.82) is 0 Å². The maximum absolute atomic E-state index is 8.66.